The van der Waals surface area contributed by atoms with Crippen molar-refractivity contribution in [3.8, 4) is 0 Å². The number of hydrogen-bond donors (Lipinski definition) is 12. The summed E-state index contributed by atoms with van der Waals surface area (Å²) in [4.78, 5) is 86.7. The van der Waals surface area contributed by atoms with Crippen LogP contribution in [0.25, 0.3) is 0 Å². The molecule has 0 spiro atoms. The van der Waals surface area contributed by atoms with Crippen molar-refractivity contribution in [2.24, 2.45) is 40.1 Å². The number of sulfonamides is 6. The number of nitrogens with zero attached hydrogens (tertiary/aromatic N) is 6. The van der Waals surface area contributed by atoms with Crippen LogP contribution in [0.15, 0.2) is 212 Å². The molecular formula is C87H126N18O18S6. The number of benzene rings is 7. The van der Waals surface area contributed by atoms with Crippen LogP contribution in [0, 0.1) is 0 Å². The highest BCUT2D eigenvalue weighted by atomic mass is 32.2. The Kier molecular flexibility index (Phi) is 44.5. The van der Waals surface area contributed by atoms with Gasteiger partial charge in [0.1, 0.15) is 0 Å². The number of amides is 6. The Morgan fingerprint density at radius 2 is 0.465 bits per heavy atom. The Hall–Kier alpha value is -9.42. The van der Waals surface area contributed by atoms with E-state index in [-0.39, 0.29) is 70.3 Å². The van der Waals surface area contributed by atoms with Gasteiger partial charge in [-0.2, -0.15) is 25.8 Å². The lowest BCUT2D eigenvalue weighted by molar-refractivity contribution is -0.123. The second kappa shape index (κ2) is 53.8. The Bertz CT molecular complexity index is 5340. The van der Waals surface area contributed by atoms with Crippen molar-refractivity contribution in [1.29, 1.82) is 0 Å². The molecule has 7 aromatic rings. The molecule has 0 unspecified atom stereocenters. The van der Waals surface area contributed by atoms with E-state index < -0.39 is 251 Å². The second-order valence-electron chi connectivity index (χ2n) is 31.7. The van der Waals surface area contributed by atoms with Gasteiger partial charge in [-0.05, 0) is 103 Å². The molecule has 42 heteroatoms. The lowest BCUT2D eigenvalue weighted by Crippen LogP contribution is -2.56. The molecule has 0 aliphatic heterocycles. The number of rotatable bonds is 63. The van der Waals surface area contributed by atoms with Gasteiger partial charge >= 0.3 is 0 Å². The topological polar surface area (TPSA) is 569 Å². The summed E-state index contributed by atoms with van der Waals surface area (Å²) in [5, 5.41) is 14.1. The summed E-state index contributed by atoms with van der Waals surface area (Å²) in [5.41, 5.74) is 44.9. The van der Waals surface area contributed by atoms with Crippen LogP contribution in [0.4, 0.5) is 0 Å². The Balaban J connectivity index is 1.20. The zero-order chi connectivity index (χ0) is 94.1. The van der Waals surface area contributed by atoms with E-state index in [2.05, 4.69) is 26.6 Å². The molecule has 0 radical (unpaired) electrons. The van der Waals surface area contributed by atoms with Crippen molar-refractivity contribution in [2.75, 3.05) is 129 Å². The van der Waals surface area contributed by atoms with E-state index in [4.69, 9.17) is 40.1 Å². The smallest absolute Gasteiger partial charge is 0.235 e. The van der Waals surface area contributed by atoms with Crippen molar-refractivity contribution >= 4 is 95.6 Å². The highest BCUT2D eigenvalue weighted by Crippen LogP contribution is 2.22. The van der Waals surface area contributed by atoms with Crippen molar-refractivity contribution in [3.63, 3.8) is 0 Å². The first-order valence-corrected chi connectivity index (χ1v) is 52.2. The molecule has 708 valence electrons. The third-order valence-electron chi connectivity index (χ3n) is 20.7. The average Bonchev–Trinajstić information content (AvgIpc) is 0.847. The van der Waals surface area contributed by atoms with Crippen LogP contribution in [0.5, 0.6) is 0 Å². The molecule has 0 fully saturated rings. The summed E-state index contributed by atoms with van der Waals surface area (Å²) in [6.45, 7) is -9.36. The van der Waals surface area contributed by atoms with E-state index in [1.54, 1.807) is 182 Å². The molecule has 0 bridgehead atoms. The molecule has 129 heavy (non-hydrogen) atoms. The van der Waals surface area contributed by atoms with Gasteiger partial charge in [-0.25, -0.2) is 50.5 Å². The zero-order valence-electron chi connectivity index (χ0n) is 72.5. The fourth-order valence-corrected chi connectivity index (χ4v) is 23.0. The molecule has 6 atom stereocenters. The number of carbonyl (C=O) groups excluding carboxylic acids is 6. The maximum atomic E-state index is 15.3. The average molecular weight is 1900 g/mol. The maximum Gasteiger partial charge on any atom is 0.235 e. The number of primary amides is 1. The quantitative estimate of drug-likeness (QED) is 0.0218. The SMILES string of the molecule is NCCCC[C@@H](CN(CC(N)=O)S(=O)(=O)CCN)NC(=O)CN(C[C@H](Cc1ccccc1)NC(=O)CN(C[C@H](Cc1ccccc1)NC(=O)CN(C[C@H](Cc1ccccc1)NC(=O)CN(C[C@H](CCCCN)NC(=O)CN(C[C@@H](N)Cc1ccccc1)S(=O)(=O)Cc1ccccc1)S(=O)(=O)CCN)S(=O)(=O)Cc1ccccc1)S(=O)(=O)CCN)S(=O)(=O)Cc1ccccc1. The van der Waals surface area contributed by atoms with Gasteiger partial charge in [0.2, 0.25) is 95.6 Å². The van der Waals surface area contributed by atoms with Gasteiger partial charge in [-0.3, -0.25) is 28.8 Å². The summed E-state index contributed by atoms with van der Waals surface area (Å²) < 4.78 is 180. The van der Waals surface area contributed by atoms with E-state index >= 15 is 22.8 Å². The van der Waals surface area contributed by atoms with E-state index in [9.17, 15) is 56.5 Å². The fraction of sp³-hybridized carbons (Fsp3) is 0.448. The predicted molar refractivity (Wildman–Crippen MR) is 498 cm³/mol. The summed E-state index contributed by atoms with van der Waals surface area (Å²) >= 11 is 0. The van der Waals surface area contributed by atoms with Crippen LogP contribution in [0.3, 0.4) is 0 Å². The Labute approximate surface area is 759 Å². The van der Waals surface area contributed by atoms with Crippen LogP contribution >= 0.6 is 0 Å². The monoisotopic (exact) mass is 1900 g/mol. The molecule has 7 rings (SSSR count). The molecule has 0 saturated heterocycles. The lowest BCUT2D eigenvalue weighted by atomic mass is 10.1. The molecule has 0 aliphatic rings. The number of unbranched alkanes of at least 4 members (excludes halogenated alkanes) is 2. The molecule has 7 aromatic carbocycles. The fourth-order valence-electron chi connectivity index (χ4n) is 14.6. The Morgan fingerprint density at radius 3 is 0.705 bits per heavy atom. The molecule has 0 saturated carbocycles. The summed E-state index contributed by atoms with van der Waals surface area (Å²) in [7, 11) is -26.9. The molecular weight excluding hydrogens is 1780 g/mol. The summed E-state index contributed by atoms with van der Waals surface area (Å²) in [5.74, 6) is -9.54. The van der Waals surface area contributed by atoms with Crippen molar-refractivity contribution in [3.05, 3.63) is 251 Å². The van der Waals surface area contributed by atoms with Crippen LogP contribution in [0.1, 0.15) is 77.5 Å². The first-order chi connectivity index (χ1) is 61.4. The maximum absolute atomic E-state index is 15.3. The first kappa shape index (κ1) is 107. The van der Waals surface area contributed by atoms with Gasteiger partial charge in [0, 0.05) is 95.2 Å². The highest BCUT2D eigenvalue weighted by molar-refractivity contribution is 7.90. The van der Waals surface area contributed by atoms with E-state index in [0.29, 0.717) is 53.5 Å². The third kappa shape index (κ3) is 38.9. The minimum Gasteiger partial charge on any atom is -0.369 e. The second-order valence-corrected chi connectivity index (χ2v) is 43.8. The largest absolute Gasteiger partial charge is 0.369 e. The minimum atomic E-state index is -4.68. The summed E-state index contributed by atoms with van der Waals surface area (Å²) in [6.07, 6.45) is 1.59. The van der Waals surface area contributed by atoms with Crippen LogP contribution in [-0.4, -0.2) is 277 Å². The van der Waals surface area contributed by atoms with Gasteiger partial charge in [-0.1, -0.05) is 225 Å². The van der Waals surface area contributed by atoms with Crippen LogP contribution in [0.2, 0.25) is 0 Å². The normalized spacial score (nSPS) is 13.8. The van der Waals surface area contributed by atoms with Crippen LogP contribution < -0.4 is 66.7 Å². The van der Waals surface area contributed by atoms with E-state index in [0.717, 1.165) is 31.4 Å². The molecule has 0 aromatic heterocycles. The summed E-state index contributed by atoms with van der Waals surface area (Å²) in [6, 6.07) is 52.1. The van der Waals surface area contributed by atoms with Gasteiger partial charge < -0.3 is 66.7 Å². The molecule has 0 heterocycles. The van der Waals surface area contributed by atoms with Crippen molar-refractivity contribution < 1.29 is 79.3 Å². The highest BCUT2D eigenvalue weighted by Gasteiger charge is 2.38. The molecule has 6 amide bonds. The number of carbonyl (C=O) groups is 6. The van der Waals surface area contributed by atoms with Crippen LogP contribution in [-0.2, 0) is 132 Å². The van der Waals surface area contributed by atoms with E-state index in [1.165, 1.54) is 0 Å². The number of nitrogens with two attached hydrogens (primary N) is 7. The van der Waals surface area contributed by atoms with E-state index in [1.807, 2.05) is 30.3 Å². The minimum absolute atomic E-state index is 0.0890. The van der Waals surface area contributed by atoms with Gasteiger partial charge in [-0.15, -0.1) is 0 Å². The standard InChI is InChI=1S/C87H126N18O18S6/c88-42-24-22-40-77(55-101(60-82(94)106)124(112,113)47-44-90)95-84(108)64-104(128(120,121)67-74-36-18-6-19-37-74)58-80(52-71-30-12-3-13-31-71)99-86(110)63-103(126(116,117)49-46-92)57-79(51-70-28-10-2-11-29-70)97-87(111)65-105(129(122,123)68-75-38-20-7-21-39-75)59-81(53-72-32-14-4-15-33-72)98-85(109)62-102(125(114,115)48-45-91)56-78(41-23-25-43-89)96-83(107)61-100(54-76(93)50-69-26-8-1-9-27-69)127(118,119)66-73-34-16-5-17-35-73/h1-21,26-39,76-81H,22-25,40-68,88-93H2,(H2,94,106)(H,95,108)(H,96,107)(H,97,111)(H,98,109)(H,99,110)/t76-,77-,78-,79-,80-,81-/m0/s1. The molecule has 0 aliphatic carbocycles. The lowest BCUT2D eigenvalue weighted by Gasteiger charge is -2.31. The number of hydrogen-bond acceptors (Lipinski definition) is 24. The van der Waals surface area contributed by atoms with Gasteiger partial charge in [0.25, 0.3) is 0 Å². The number of nitrogens with one attached hydrogen (secondary N) is 5. The predicted octanol–water partition coefficient (Wildman–Crippen LogP) is -0.281. The zero-order valence-corrected chi connectivity index (χ0v) is 77.4. The molecule has 19 N–H and O–H groups in total. The molecule has 36 nitrogen and oxygen atoms in total. The Morgan fingerprint density at radius 1 is 0.256 bits per heavy atom. The first-order valence-electron chi connectivity index (χ1n) is 42.6. The van der Waals surface area contributed by atoms with Gasteiger partial charge in [0.05, 0.1) is 73.8 Å². The van der Waals surface area contributed by atoms with Crippen molar-refractivity contribution in [1.82, 2.24) is 52.4 Å². The van der Waals surface area contributed by atoms with Gasteiger partial charge in [0.15, 0.2) is 0 Å². The third-order valence-corrected chi connectivity index (χ3v) is 31.4. The van der Waals surface area contributed by atoms with Crippen molar-refractivity contribution in [2.45, 2.75) is 118 Å².